The Balaban J connectivity index is 1.54. The fraction of sp³-hybridized carbons (Fsp3) is 0.480. The number of fused-ring (bicyclic) bond motifs is 3. The van der Waals surface area contributed by atoms with Crippen molar-refractivity contribution in [2.75, 3.05) is 24.5 Å². The Morgan fingerprint density at radius 2 is 1.97 bits per heavy atom. The van der Waals surface area contributed by atoms with Crippen LogP contribution >= 0.6 is 0 Å². The van der Waals surface area contributed by atoms with E-state index in [2.05, 4.69) is 4.90 Å². The molecule has 2 aromatic carbocycles. The average Bonchev–Trinajstić information content (AvgIpc) is 3.04. The number of carbonyl (C=O) groups excluding carboxylic acids is 1. The number of hydrogen-bond donors (Lipinski definition) is 0. The largest absolute Gasteiger partial charge is 0.444 e. The fourth-order valence-electron chi connectivity index (χ4n) is 5.42. The van der Waals surface area contributed by atoms with Crippen LogP contribution in [0.3, 0.4) is 0 Å². The van der Waals surface area contributed by atoms with Crippen molar-refractivity contribution < 1.29 is 18.3 Å². The predicted molar refractivity (Wildman–Crippen MR) is 116 cm³/mol. The van der Waals surface area contributed by atoms with Gasteiger partial charge in [0.15, 0.2) is 11.6 Å². The molecule has 0 N–H and O–H groups in total. The van der Waals surface area contributed by atoms with Gasteiger partial charge in [0, 0.05) is 42.8 Å². The molecule has 164 valence electrons. The van der Waals surface area contributed by atoms with Gasteiger partial charge in [0.05, 0.1) is 0 Å². The van der Waals surface area contributed by atoms with Gasteiger partial charge < -0.3 is 14.5 Å². The second kappa shape index (κ2) is 7.21. The predicted octanol–water partition coefficient (Wildman–Crippen LogP) is 5.49. The van der Waals surface area contributed by atoms with E-state index in [1.54, 1.807) is 17.0 Å². The van der Waals surface area contributed by atoms with Crippen molar-refractivity contribution in [1.82, 2.24) is 4.90 Å². The van der Waals surface area contributed by atoms with Crippen LogP contribution in [-0.4, -0.2) is 42.3 Å². The molecule has 0 bridgehead atoms. The molecular weight excluding hydrogens is 398 g/mol. The molecule has 0 spiro atoms. The van der Waals surface area contributed by atoms with Gasteiger partial charge in [-0.1, -0.05) is 12.1 Å². The molecule has 0 saturated carbocycles. The van der Waals surface area contributed by atoms with Crippen LogP contribution < -0.4 is 4.90 Å². The number of amides is 1. The van der Waals surface area contributed by atoms with Crippen molar-refractivity contribution in [3.8, 4) is 11.1 Å². The molecule has 1 amide bonds. The summed E-state index contributed by atoms with van der Waals surface area (Å²) in [7, 11) is 0. The molecule has 31 heavy (non-hydrogen) atoms. The number of carbonyl (C=O) groups is 1. The van der Waals surface area contributed by atoms with Crippen LogP contribution in [-0.2, 0) is 11.2 Å². The number of rotatable bonds is 1. The van der Waals surface area contributed by atoms with E-state index in [9.17, 15) is 13.6 Å². The number of halogens is 2. The zero-order valence-electron chi connectivity index (χ0n) is 18.3. The SMILES string of the molecule is CC(C)(C)OC(=O)N1CC[C@H]2[C@@H](C1)c1cc(-c3cccc(F)c3F)cc3c1N2CCC3. The molecule has 2 aromatic rings. The first-order valence-electron chi connectivity index (χ1n) is 11.1. The Kier molecular flexibility index (Phi) is 4.72. The van der Waals surface area contributed by atoms with Crippen LogP contribution in [0, 0.1) is 11.6 Å². The second-order valence-electron chi connectivity index (χ2n) is 9.86. The van der Waals surface area contributed by atoms with E-state index < -0.39 is 17.2 Å². The highest BCUT2D eigenvalue weighted by molar-refractivity contribution is 5.77. The first kappa shape index (κ1) is 20.3. The summed E-state index contributed by atoms with van der Waals surface area (Å²) >= 11 is 0. The first-order chi connectivity index (χ1) is 14.7. The Morgan fingerprint density at radius 1 is 1.16 bits per heavy atom. The van der Waals surface area contributed by atoms with Crippen molar-refractivity contribution in [3.63, 3.8) is 0 Å². The van der Waals surface area contributed by atoms with Crippen molar-refractivity contribution in [1.29, 1.82) is 0 Å². The third-order valence-corrected chi connectivity index (χ3v) is 6.64. The van der Waals surface area contributed by atoms with E-state index in [-0.39, 0.29) is 12.0 Å². The summed E-state index contributed by atoms with van der Waals surface area (Å²) in [6.45, 7) is 7.87. The van der Waals surface area contributed by atoms with Gasteiger partial charge in [0.25, 0.3) is 0 Å². The van der Waals surface area contributed by atoms with E-state index in [4.69, 9.17) is 4.74 Å². The number of hydrogen-bond acceptors (Lipinski definition) is 3. The zero-order valence-corrected chi connectivity index (χ0v) is 18.3. The molecule has 0 aliphatic carbocycles. The number of benzene rings is 2. The summed E-state index contributed by atoms with van der Waals surface area (Å²) in [4.78, 5) is 17.0. The number of ether oxygens (including phenoxy) is 1. The van der Waals surface area contributed by atoms with Gasteiger partial charge in [0.2, 0.25) is 0 Å². The number of nitrogens with zero attached hydrogens (tertiary/aromatic N) is 2. The molecule has 5 rings (SSSR count). The normalized spacial score (nSPS) is 22.2. The van der Waals surface area contributed by atoms with E-state index in [0.29, 0.717) is 30.3 Å². The highest BCUT2D eigenvalue weighted by Gasteiger charge is 2.45. The number of anilines is 1. The van der Waals surface area contributed by atoms with Gasteiger partial charge in [-0.25, -0.2) is 13.6 Å². The standard InChI is InChI=1S/C25H28F2N2O2/c1-25(2,3)31-24(30)28-11-9-21-19(14-28)18-13-16(17-7-4-8-20(26)22(17)27)12-15-6-5-10-29(21)23(15)18/h4,7-8,12-13,19,21H,5-6,9-11,14H2,1-3H3/t19-,21-/m0/s1. The van der Waals surface area contributed by atoms with Crippen LogP contribution in [0.1, 0.15) is 50.7 Å². The van der Waals surface area contributed by atoms with Crippen LogP contribution in [0.5, 0.6) is 0 Å². The maximum absolute atomic E-state index is 14.6. The minimum Gasteiger partial charge on any atom is -0.444 e. The Labute approximate surface area is 181 Å². The Bertz CT molecular complexity index is 1050. The number of piperidine rings is 1. The van der Waals surface area contributed by atoms with Gasteiger partial charge >= 0.3 is 6.09 Å². The molecule has 1 fully saturated rings. The molecule has 2 atom stereocenters. The first-order valence-corrected chi connectivity index (χ1v) is 11.1. The molecule has 6 heteroatoms. The molecule has 1 saturated heterocycles. The Morgan fingerprint density at radius 3 is 2.74 bits per heavy atom. The molecule has 3 aliphatic rings. The summed E-state index contributed by atoms with van der Waals surface area (Å²) < 4.78 is 34.1. The number of aryl methyl sites for hydroxylation is 1. The molecular formula is C25H28F2N2O2. The van der Waals surface area contributed by atoms with Gasteiger partial charge in [-0.3, -0.25) is 0 Å². The molecule has 3 aliphatic heterocycles. The van der Waals surface area contributed by atoms with E-state index in [1.165, 1.54) is 11.3 Å². The third-order valence-electron chi connectivity index (χ3n) is 6.64. The fourth-order valence-corrected chi connectivity index (χ4v) is 5.42. The van der Waals surface area contributed by atoms with Crippen molar-refractivity contribution in [2.24, 2.45) is 0 Å². The lowest BCUT2D eigenvalue weighted by molar-refractivity contribution is 0.0189. The summed E-state index contributed by atoms with van der Waals surface area (Å²) in [6.07, 6.45) is 2.56. The minimum absolute atomic E-state index is 0.143. The lowest BCUT2D eigenvalue weighted by Gasteiger charge is -2.40. The topological polar surface area (TPSA) is 32.8 Å². The van der Waals surface area contributed by atoms with Crippen molar-refractivity contribution in [2.45, 2.75) is 57.6 Å². The third kappa shape index (κ3) is 3.46. The van der Waals surface area contributed by atoms with Crippen molar-refractivity contribution >= 4 is 11.8 Å². The van der Waals surface area contributed by atoms with Crippen LogP contribution in [0.15, 0.2) is 30.3 Å². The summed E-state index contributed by atoms with van der Waals surface area (Å²) in [5.74, 6) is -1.50. The average molecular weight is 427 g/mol. The van der Waals surface area contributed by atoms with E-state index in [0.717, 1.165) is 37.4 Å². The lowest BCUT2D eigenvalue weighted by atomic mass is 9.86. The van der Waals surface area contributed by atoms with Gasteiger partial charge in [-0.15, -0.1) is 0 Å². The molecule has 3 heterocycles. The van der Waals surface area contributed by atoms with Crippen LogP contribution in [0.25, 0.3) is 11.1 Å². The lowest BCUT2D eigenvalue weighted by Crippen LogP contribution is -2.49. The molecule has 0 radical (unpaired) electrons. The van der Waals surface area contributed by atoms with Crippen LogP contribution in [0.4, 0.5) is 19.3 Å². The molecule has 0 unspecified atom stereocenters. The van der Waals surface area contributed by atoms with E-state index in [1.807, 2.05) is 32.9 Å². The molecule has 0 aromatic heterocycles. The summed E-state index contributed by atoms with van der Waals surface area (Å²) in [6, 6.07) is 8.69. The molecule has 4 nitrogen and oxygen atoms in total. The highest BCUT2D eigenvalue weighted by Crippen LogP contribution is 2.50. The van der Waals surface area contributed by atoms with Gasteiger partial charge in [0.1, 0.15) is 5.60 Å². The van der Waals surface area contributed by atoms with E-state index >= 15 is 0 Å². The smallest absolute Gasteiger partial charge is 0.410 e. The Hall–Kier alpha value is -2.63. The van der Waals surface area contributed by atoms with Crippen LogP contribution in [0.2, 0.25) is 0 Å². The van der Waals surface area contributed by atoms with Crippen molar-refractivity contribution in [3.05, 3.63) is 53.1 Å². The maximum Gasteiger partial charge on any atom is 0.410 e. The monoisotopic (exact) mass is 426 g/mol. The van der Waals surface area contributed by atoms with Gasteiger partial charge in [-0.05, 0) is 74.9 Å². The highest BCUT2D eigenvalue weighted by atomic mass is 19.2. The summed E-state index contributed by atoms with van der Waals surface area (Å²) in [5, 5.41) is 0. The quantitative estimate of drug-likeness (QED) is 0.604. The summed E-state index contributed by atoms with van der Waals surface area (Å²) in [5.41, 5.74) is 4.05. The van der Waals surface area contributed by atoms with Gasteiger partial charge in [-0.2, -0.15) is 0 Å². The zero-order chi connectivity index (χ0) is 21.9. The number of likely N-dealkylation sites (tertiary alicyclic amines) is 1. The minimum atomic E-state index is -0.833. The maximum atomic E-state index is 14.6. The second-order valence-corrected chi connectivity index (χ2v) is 9.86.